The molecule has 1 aromatic carbocycles. The first kappa shape index (κ1) is 15.6. The van der Waals surface area contributed by atoms with Crippen molar-refractivity contribution in [2.75, 3.05) is 0 Å². The minimum Gasteiger partial charge on any atom is -0.294 e. The summed E-state index contributed by atoms with van der Waals surface area (Å²) in [4.78, 5) is 29.4. The third-order valence-electron chi connectivity index (χ3n) is 4.12. The van der Waals surface area contributed by atoms with Gasteiger partial charge in [0, 0.05) is 28.9 Å². The fourth-order valence-electron chi connectivity index (χ4n) is 3.13. The molecule has 1 unspecified atom stereocenters. The smallest absolute Gasteiger partial charge is 0.174 e. The van der Waals surface area contributed by atoms with Crippen molar-refractivity contribution in [3.63, 3.8) is 0 Å². The Kier molecular flexibility index (Phi) is 4.14. The van der Waals surface area contributed by atoms with Crippen LogP contribution in [0.2, 0.25) is 5.02 Å². The molecule has 0 saturated heterocycles. The highest BCUT2D eigenvalue weighted by Gasteiger charge is 2.37. The number of aryl methyl sites for hydroxylation is 2. The molecule has 4 heteroatoms. The highest BCUT2D eigenvalue weighted by Crippen LogP contribution is 2.34. The summed E-state index contributed by atoms with van der Waals surface area (Å²) in [5, 5.41) is 0.614. The average molecular weight is 326 g/mol. The van der Waals surface area contributed by atoms with E-state index in [0.717, 1.165) is 22.4 Å². The van der Waals surface area contributed by atoms with Crippen molar-refractivity contribution in [1.29, 1.82) is 0 Å². The Balaban J connectivity index is 1.93. The van der Waals surface area contributed by atoms with Crippen LogP contribution in [0.25, 0.3) is 0 Å². The number of hydrogen-bond donors (Lipinski definition) is 0. The number of carbonyl (C=O) groups is 2. The molecule has 0 fully saturated rings. The molecule has 3 rings (SSSR count). The summed E-state index contributed by atoms with van der Waals surface area (Å²) in [6.07, 6.45) is 3.53. The molecule has 0 radical (unpaired) electrons. The predicted molar refractivity (Wildman–Crippen MR) is 89.7 cm³/mol. The van der Waals surface area contributed by atoms with Crippen LogP contribution >= 0.6 is 11.6 Å². The van der Waals surface area contributed by atoms with Crippen molar-refractivity contribution >= 4 is 23.2 Å². The van der Waals surface area contributed by atoms with Crippen molar-refractivity contribution in [1.82, 2.24) is 4.98 Å². The van der Waals surface area contributed by atoms with Gasteiger partial charge in [-0.15, -0.1) is 0 Å². The molecule has 1 aromatic heterocycles. The first-order valence-electron chi connectivity index (χ1n) is 7.42. The number of aromatic nitrogens is 1. The highest BCUT2D eigenvalue weighted by molar-refractivity contribution is 6.31. The predicted octanol–water partition coefficient (Wildman–Crippen LogP) is 3.76. The minimum atomic E-state index is -0.744. The fraction of sp³-hybridized carbons (Fsp3) is 0.211. The number of Topliss-reactive ketones (excluding diaryl/α,β-unsaturated/α-hetero) is 1. The lowest BCUT2D eigenvalue weighted by Crippen LogP contribution is -2.18. The van der Waals surface area contributed by atoms with Crippen LogP contribution in [0.1, 0.15) is 28.3 Å². The van der Waals surface area contributed by atoms with Gasteiger partial charge in [0.25, 0.3) is 0 Å². The lowest BCUT2D eigenvalue weighted by molar-refractivity contribution is -0.122. The largest absolute Gasteiger partial charge is 0.294 e. The third kappa shape index (κ3) is 2.97. The van der Waals surface area contributed by atoms with Crippen molar-refractivity contribution in [3.8, 4) is 0 Å². The maximum Gasteiger partial charge on any atom is 0.174 e. The van der Waals surface area contributed by atoms with Crippen molar-refractivity contribution in [3.05, 3.63) is 75.6 Å². The van der Waals surface area contributed by atoms with E-state index in [1.165, 1.54) is 6.08 Å². The third-order valence-corrected chi connectivity index (χ3v) is 4.34. The summed E-state index contributed by atoms with van der Waals surface area (Å²) in [5.41, 5.74) is 3.82. The van der Waals surface area contributed by atoms with Crippen LogP contribution in [0.3, 0.4) is 0 Å². The Morgan fingerprint density at radius 3 is 2.43 bits per heavy atom. The van der Waals surface area contributed by atoms with E-state index in [1.54, 1.807) is 18.3 Å². The van der Waals surface area contributed by atoms with Crippen LogP contribution in [-0.2, 0) is 16.0 Å². The molecule has 116 valence electrons. The van der Waals surface area contributed by atoms with Gasteiger partial charge in [0.2, 0.25) is 0 Å². The highest BCUT2D eigenvalue weighted by atomic mass is 35.5. The van der Waals surface area contributed by atoms with Gasteiger partial charge in [-0.05, 0) is 60.9 Å². The minimum absolute atomic E-state index is 0.130. The second-order valence-electron chi connectivity index (χ2n) is 5.82. The van der Waals surface area contributed by atoms with Crippen molar-refractivity contribution < 1.29 is 9.59 Å². The number of benzene rings is 1. The van der Waals surface area contributed by atoms with Gasteiger partial charge in [0.1, 0.15) is 5.92 Å². The van der Waals surface area contributed by atoms with E-state index < -0.39 is 5.92 Å². The standard InChI is InChI=1S/C19H16ClNO2/c1-11-7-14(20)8-12(2)17(11)18-16(22)10-13(19(18)23)9-15-5-3-4-6-21-15/h3-8,10,18H,9H2,1-2H3. The van der Waals surface area contributed by atoms with E-state index in [2.05, 4.69) is 4.98 Å². The Labute approximate surface area is 140 Å². The van der Waals surface area contributed by atoms with E-state index in [4.69, 9.17) is 11.6 Å². The zero-order chi connectivity index (χ0) is 16.6. The Bertz CT molecular complexity index is 802. The molecule has 2 aromatic rings. The number of hydrogen-bond acceptors (Lipinski definition) is 3. The van der Waals surface area contributed by atoms with Gasteiger partial charge in [0.05, 0.1) is 0 Å². The van der Waals surface area contributed by atoms with Gasteiger partial charge in [-0.1, -0.05) is 17.7 Å². The summed E-state index contributed by atoms with van der Waals surface area (Å²) in [5.74, 6) is -1.03. The monoisotopic (exact) mass is 325 g/mol. The van der Waals surface area contributed by atoms with Gasteiger partial charge in [-0.25, -0.2) is 0 Å². The second-order valence-corrected chi connectivity index (χ2v) is 6.26. The lowest BCUT2D eigenvalue weighted by Gasteiger charge is -2.15. The quantitative estimate of drug-likeness (QED) is 0.807. The molecular weight excluding hydrogens is 310 g/mol. The van der Waals surface area contributed by atoms with Gasteiger partial charge in [-0.2, -0.15) is 0 Å². The lowest BCUT2D eigenvalue weighted by atomic mass is 9.86. The average Bonchev–Trinajstić information content (AvgIpc) is 2.75. The Morgan fingerprint density at radius 2 is 1.83 bits per heavy atom. The van der Waals surface area contributed by atoms with Gasteiger partial charge < -0.3 is 0 Å². The molecule has 0 N–H and O–H groups in total. The summed E-state index contributed by atoms with van der Waals surface area (Å²) >= 11 is 6.05. The maximum absolute atomic E-state index is 12.8. The number of ketones is 2. The normalized spacial score (nSPS) is 17.5. The molecule has 0 saturated carbocycles. The topological polar surface area (TPSA) is 47.0 Å². The Morgan fingerprint density at radius 1 is 1.13 bits per heavy atom. The number of pyridine rings is 1. The summed E-state index contributed by atoms with van der Waals surface area (Å²) in [7, 11) is 0. The zero-order valence-electron chi connectivity index (χ0n) is 13.0. The number of carbonyl (C=O) groups excluding carboxylic acids is 2. The van der Waals surface area contributed by atoms with E-state index in [9.17, 15) is 9.59 Å². The van der Waals surface area contributed by atoms with Crippen molar-refractivity contribution in [2.24, 2.45) is 0 Å². The van der Waals surface area contributed by atoms with Crippen LogP contribution in [0.15, 0.2) is 48.2 Å². The molecular formula is C19H16ClNO2. The van der Waals surface area contributed by atoms with E-state index in [0.29, 0.717) is 17.0 Å². The summed E-state index contributed by atoms with van der Waals surface area (Å²) < 4.78 is 0. The molecule has 0 amide bonds. The Hall–Kier alpha value is -2.26. The van der Waals surface area contributed by atoms with Gasteiger partial charge in [-0.3, -0.25) is 14.6 Å². The van der Waals surface area contributed by atoms with E-state index in [-0.39, 0.29) is 11.6 Å². The molecule has 0 aliphatic heterocycles. The first-order valence-corrected chi connectivity index (χ1v) is 7.80. The zero-order valence-corrected chi connectivity index (χ0v) is 13.7. The SMILES string of the molecule is Cc1cc(Cl)cc(C)c1C1C(=O)C=C(Cc2ccccn2)C1=O. The second kappa shape index (κ2) is 6.09. The fourth-order valence-corrected chi connectivity index (χ4v) is 3.45. The van der Waals surface area contributed by atoms with Crippen LogP contribution in [-0.4, -0.2) is 16.6 Å². The van der Waals surface area contributed by atoms with Crippen LogP contribution in [0.5, 0.6) is 0 Å². The van der Waals surface area contributed by atoms with Crippen LogP contribution < -0.4 is 0 Å². The molecule has 1 heterocycles. The number of halogens is 1. The summed E-state index contributed by atoms with van der Waals surface area (Å²) in [6, 6.07) is 9.13. The van der Waals surface area contributed by atoms with E-state index >= 15 is 0 Å². The summed E-state index contributed by atoms with van der Waals surface area (Å²) in [6.45, 7) is 3.76. The number of rotatable bonds is 3. The number of allylic oxidation sites excluding steroid dienone is 2. The molecule has 3 nitrogen and oxygen atoms in total. The first-order chi connectivity index (χ1) is 11.0. The van der Waals surface area contributed by atoms with Crippen LogP contribution in [0.4, 0.5) is 0 Å². The van der Waals surface area contributed by atoms with E-state index in [1.807, 2.05) is 32.0 Å². The van der Waals surface area contributed by atoms with Gasteiger partial charge >= 0.3 is 0 Å². The molecule has 1 atom stereocenters. The molecule has 0 bridgehead atoms. The molecule has 23 heavy (non-hydrogen) atoms. The molecule has 1 aliphatic rings. The maximum atomic E-state index is 12.8. The molecule has 1 aliphatic carbocycles. The molecule has 0 spiro atoms. The van der Waals surface area contributed by atoms with Crippen molar-refractivity contribution in [2.45, 2.75) is 26.2 Å². The van der Waals surface area contributed by atoms with Crippen LogP contribution in [0, 0.1) is 13.8 Å². The number of nitrogens with zero attached hydrogens (tertiary/aromatic N) is 1. The van der Waals surface area contributed by atoms with Gasteiger partial charge in [0.15, 0.2) is 11.6 Å².